The van der Waals surface area contributed by atoms with Crippen LogP contribution in [0.3, 0.4) is 0 Å². The Morgan fingerprint density at radius 3 is 3.14 bits per heavy atom. The number of H-pyrrole nitrogens is 1. The van der Waals surface area contributed by atoms with Crippen molar-refractivity contribution in [3.05, 3.63) is 18.2 Å². The Kier molecular flexibility index (Phi) is 4.71. The fraction of sp³-hybridized carbons (Fsp3) is 0.556. The van der Waals surface area contributed by atoms with Crippen LogP contribution in [0.2, 0.25) is 0 Å². The number of amides is 1. The Hall–Kier alpha value is -1.36. The molecule has 0 spiro atoms. The number of hydrogen-bond donors (Lipinski definition) is 3. The van der Waals surface area contributed by atoms with Crippen LogP contribution in [0.4, 0.5) is 0 Å². The molecular formula is C9H16N4O. The molecule has 5 heteroatoms. The van der Waals surface area contributed by atoms with Crippen LogP contribution in [-0.4, -0.2) is 35.5 Å². The molecule has 0 radical (unpaired) electrons. The van der Waals surface area contributed by atoms with Gasteiger partial charge in [-0.05, 0) is 6.54 Å². The molecule has 0 atom stereocenters. The van der Waals surface area contributed by atoms with Gasteiger partial charge in [-0.3, -0.25) is 4.79 Å². The summed E-state index contributed by atoms with van der Waals surface area (Å²) in [6.45, 7) is 3.79. The SMILES string of the molecule is CCNCC(=O)NCCc1ncc[nH]1. The maximum Gasteiger partial charge on any atom is 0.233 e. The smallest absolute Gasteiger partial charge is 0.233 e. The Labute approximate surface area is 83.3 Å². The van der Waals surface area contributed by atoms with E-state index < -0.39 is 0 Å². The van der Waals surface area contributed by atoms with Gasteiger partial charge in [0.25, 0.3) is 0 Å². The van der Waals surface area contributed by atoms with Crippen molar-refractivity contribution in [3.8, 4) is 0 Å². The van der Waals surface area contributed by atoms with Crippen LogP contribution in [0.1, 0.15) is 12.7 Å². The van der Waals surface area contributed by atoms with Gasteiger partial charge in [0.1, 0.15) is 5.82 Å². The average molecular weight is 196 g/mol. The molecule has 78 valence electrons. The Morgan fingerprint density at radius 1 is 1.64 bits per heavy atom. The highest BCUT2D eigenvalue weighted by Gasteiger charge is 1.99. The zero-order valence-corrected chi connectivity index (χ0v) is 8.34. The van der Waals surface area contributed by atoms with Crippen LogP contribution < -0.4 is 10.6 Å². The van der Waals surface area contributed by atoms with Crippen molar-refractivity contribution < 1.29 is 4.79 Å². The largest absolute Gasteiger partial charge is 0.355 e. The van der Waals surface area contributed by atoms with Gasteiger partial charge in [0.05, 0.1) is 6.54 Å². The summed E-state index contributed by atoms with van der Waals surface area (Å²) < 4.78 is 0. The van der Waals surface area contributed by atoms with Crippen molar-refractivity contribution in [1.29, 1.82) is 0 Å². The van der Waals surface area contributed by atoms with Crippen molar-refractivity contribution in [2.45, 2.75) is 13.3 Å². The van der Waals surface area contributed by atoms with E-state index in [9.17, 15) is 4.79 Å². The van der Waals surface area contributed by atoms with Gasteiger partial charge >= 0.3 is 0 Å². The summed E-state index contributed by atoms with van der Waals surface area (Å²) in [5.41, 5.74) is 0. The standard InChI is InChI=1S/C9H16N4O/c1-2-10-7-9(14)13-4-3-8-11-5-6-12-8/h5-6,10H,2-4,7H2,1H3,(H,11,12)(H,13,14). The van der Waals surface area contributed by atoms with Crippen molar-refractivity contribution in [2.75, 3.05) is 19.6 Å². The van der Waals surface area contributed by atoms with E-state index in [2.05, 4.69) is 20.6 Å². The fourth-order valence-corrected chi connectivity index (χ4v) is 1.06. The maximum absolute atomic E-state index is 11.1. The molecule has 1 heterocycles. The monoisotopic (exact) mass is 196 g/mol. The van der Waals surface area contributed by atoms with Crippen LogP contribution in [0, 0.1) is 0 Å². The van der Waals surface area contributed by atoms with Crippen molar-refractivity contribution in [3.63, 3.8) is 0 Å². The topological polar surface area (TPSA) is 69.8 Å². The molecule has 0 aromatic carbocycles. The molecule has 14 heavy (non-hydrogen) atoms. The molecule has 1 aromatic heterocycles. The van der Waals surface area contributed by atoms with E-state index in [1.54, 1.807) is 12.4 Å². The second-order valence-electron chi connectivity index (χ2n) is 2.92. The molecule has 5 nitrogen and oxygen atoms in total. The number of carbonyl (C=O) groups excluding carboxylic acids is 1. The van der Waals surface area contributed by atoms with E-state index in [1.807, 2.05) is 6.92 Å². The summed E-state index contributed by atoms with van der Waals surface area (Å²) in [4.78, 5) is 18.2. The summed E-state index contributed by atoms with van der Waals surface area (Å²) >= 11 is 0. The summed E-state index contributed by atoms with van der Waals surface area (Å²) in [5.74, 6) is 0.923. The molecule has 1 rings (SSSR count). The minimum Gasteiger partial charge on any atom is -0.355 e. The fourth-order valence-electron chi connectivity index (χ4n) is 1.06. The number of likely N-dealkylation sites (N-methyl/N-ethyl adjacent to an activating group) is 1. The van der Waals surface area contributed by atoms with Gasteiger partial charge in [0.2, 0.25) is 5.91 Å². The van der Waals surface area contributed by atoms with E-state index in [4.69, 9.17) is 0 Å². The summed E-state index contributed by atoms with van der Waals surface area (Å²) in [6.07, 6.45) is 4.22. The van der Waals surface area contributed by atoms with E-state index >= 15 is 0 Å². The molecule has 0 aliphatic heterocycles. The highest BCUT2D eigenvalue weighted by molar-refractivity contribution is 5.77. The van der Waals surface area contributed by atoms with E-state index in [0.29, 0.717) is 13.1 Å². The minimum atomic E-state index is 0.0263. The first-order chi connectivity index (χ1) is 6.83. The lowest BCUT2D eigenvalue weighted by molar-refractivity contribution is -0.120. The summed E-state index contributed by atoms with van der Waals surface area (Å²) in [5, 5.41) is 5.75. The van der Waals surface area contributed by atoms with Crippen molar-refractivity contribution >= 4 is 5.91 Å². The third-order valence-electron chi connectivity index (χ3n) is 1.77. The summed E-state index contributed by atoms with van der Waals surface area (Å²) in [7, 11) is 0. The van der Waals surface area contributed by atoms with Gasteiger partial charge in [0.15, 0.2) is 0 Å². The molecular weight excluding hydrogens is 180 g/mol. The first-order valence-electron chi connectivity index (χ1n) is 4.78. The molecule has 0 saturated heterocycles. The predicted octanol–water partition coefficient (Wildman–Crippen LogP) is -0.322. The molecule has 0 aliphatic carbocycles. The van der Waals surface area contributed by atoms with Crippen molar-refractivity contribution in [1.82, 2.24) is 20.6 Å². The zero-order chi connectivity index (χ0) is 10.2. The predicted molar refractivity (Wildman–Crippen MR) is 53.8 cm³/mol. The van der Waals surface area contributed by atoms with Crippen LogP contribution >= 0.6 is 0 Å². The lowest BCUT2D eigenvalue weighted by Gasteiger charge is -2.03. The second-order valence-corrected chi connectivity index (χ2v) is 2.92. The average Bonchev–Trinajstić information content (AvgIpc) is 2.67. The van der Waals surface area contributed by atoms with E-state index in [0.717, 1.165) is 18.8 Å². The first kappa shape index (κ1) is 10.7. The number of nitrogens with one attached hydrogen (secondary N) is 3. The lowest BCUT2D eigenvalue weighted by atomic mass is 10.4. The highest BCUT2D eigenvalue weighted by atomic mass is 16.1. The number of imidazole rings is 1. The number of aromatic amines is 1. The number of aromatic nitrogens is 2. The van der Waals surface area contributed by atoms with Gasteiger partial charge in [0, 0.05) is 25.4 Å². The molecule has 3 N–H and O–H groups in total. The van der Waals surface area contributed by atoms with Crippen LogP contribution in [0.5, 0.6) is 0 Å². The van der Waals surface area contributed by atoms with Crippen LogP contribution in [-0.2, 0) is 11.2 Å². The molecule has 0 saturated carbocycles. The number of carbonyl (C=O) groups is 1. The zero-order valence-electron chi connectivity index (χ0n) is 8.34. The Morgan fingerprint density at radius 2 is 2.50 bits per heavy atom. The first-order valence-corrected chi connectivity index (χ1v) is 4.78. The number of hydrogen-bond acceptors (Lipinski definition) is 3. The Balaban J connectivity index is 2.06. The molecule has 0 aliphatic rings. The number of nitrogens with zero attached hydrogens (tertiary/aromatic N) is 1. The highest BCUT2D eigenvalue weighted by Crippen LogP contribution is 1.87. The van der Waals surface area contributed by atoms with Gasteiger partial charge in [-0.25, -0.2) is 4.98 Å². The van der Waals surface area contributed by atoms with Gasteiger partial charge in [-0.2, -0.15) is 0 Å². The van der Waals surface area contributed by atoms with Crippen molar-refractivity contribution in [2.24, 2.45) is 0 Å². The maximum atomic E-state index is 11.1. The number of rotatable bonds is 6. The minimum absolute atomic E-state index is 0.0263. The van der Waals surface area contributed by atoms with E-state index in [-0.39, 0.29) is 5.91 Å². The molecule has 0 unspecified atom stereocenters. The normalized spacial score (nSPS) is 10.1. The van der Waals surface area contributed by atoms with Crippen LogP contribution in [0.15, 0.2) is 12.4 Å². The molecule has 0 bridgehead atoms. The van der Waals surface area contributed by atoms with E-state index in [1.165, 1.54) is 0 Å². The molecule has 0 fully saturated rings. The third-order valence-corrected chi connectivity index (χ3v) is 1.77. The lowest BCUT2D eigenvalue weighted by Crippen LogP contribution is -2.34. The third kappa shape index (κ3) is 4.04. The van der Waals surface area contributed by atoms with Gasteiger partial charge in [-0.1, -0.05) is 6.92 Å². The van der Waals surface area contributed by atoms with Gasteiger partial charge < -0.3 is 15.6 Å². The Bertz CT molecular complexity index is 258. The van der Waals surface area contributed by atoms with Gasteiger partial charge in [-0.15, -0.1) is 0 Å². The molecule has 1 aromatic rings. The quantitative estimate of drug-likeness (QED) is 0.584. The summed E-state index contributed by atoms with van der Waals surface area (Å²) in [6, 6.07) is 0. The molecule has 1 amide bonds. The van der Waals surface area contributed by atoms with Crippen LogP contribution in [0.25, 0.3) is 0 Å². The second kappa shape index (κ2) is 6.15.